The van der Waals surface area contributed by atoms with Crippen molar-refractivity contribution >= 4 is 28.4 Å². The molecule has 1 fully saturated rings. The third-order valence-electron chi connectivity index (χ3n) is 3.61. The van der Waals surface area contributed by atoms with Crippen LogP contribution in [0.1, 0.15) is 6.92 Å². The van der Waals surface area contributed by atoms with Crippen molar-refractivity contribution in [1.29, 1.82) is 0 Å². The molecule has 19 heavy (non-hydrogen) atoms. The Bertz CT molecular complexity index is 593. The quantitative estimate of drug-likeness (QED) is 0.848. The average molecular weight is 284 g/mol. The van der Waals surface area contributed by atoms with E-state index >= 15 is 0 Å². The first-order chi connectivity index (χ1) is 9.19. The summed E-state index contributed by atoms with van der Waals surface area (Å²) in [6.45, 7) is 6.93. The minimum atomic E-state index is -0.439. The van der Waals surface area contributed by atoms with Crippen molar-refractivity contribution < 1.29 is 8.91 Å². The lowest BCUT2D eigenvalue weighted by molar-refractivity contribution is 0.269. The normalized spacial score (nSPS) is 17.3. The summed E-state index contributed by atoms with van der Waals surface area (Å²) in [6.07, 6.45) is 0. The van der Waals surface area contributed by atoms with E-state index in [-0.39, 0.29) is 5.02 Å². The van der Waals surface area contributed by atoms with Crippen molar-refractivity contribution in [3.63, 3.8) is 0 Å². The third kappa shape index (κ3) is 2.28. The summed E-state index contributed by atoms with van der Waals surface area (Å²) in [4.78, 5) is 4.50. The summed E-state index contributed by atoms with van der Waals surface area (Å²) in [5.41, 5.74) is 0.527. The van der Waals surface area contributed by atoms with E-state index in [1.165, 1.54) is 12.1 Å². The van der Waals surface area contributed by atoms with E-state index in [0.717, 1.165) is 32.7 Å². The molecule has 0 amide bonds. The molecular formula is C13H15ClFN3O. The molecule has 1 saturated heterocycles. The Morgan fingerprint density at radius 1 is 1.32 bits per heavy atom. The summed E-state index contributed by atoms with van der Waals surface area (Å²) >= 11 is 5.74. The predicted octanol–water partition coefficient (Wildman–Crippen LogP) is 2.76. The number of likely N-dealkylation sites (N-methyl/N-ethyl adjacent to an activating group) is 1. The molecule has 0 bridgehead atoms. The van der Waals surface area contributed by atoms with Gasteiger partial charge in [0.1, 0.15) is 5.82 Å². The highest BCUT2D eigenvalue weighted by atomic mass is 35.5. The zero-order chi connectivity index (χ0) is 13.4. The van der Waals surface area contributed by atoms with Gasteiger partial charge in [0.25, 0.3) is 0 Å². The third-order valence-corrected chi connectivity index (χ3v) is 3.90. The molecule has 1 aliphatic rings. The molecule has 2 heterocycles. The second kappa shape index (κ2) is 4.98. The molecule has 0 aliphatic carbocycles. The molecule has 102 valence electrons. The molecule has 1 aromatic carbocycles. The Morgan fingerprint density at radius 2 is 2.05 bits per heavy atom. The van der Waals surface area contributed by atoms with E-state index in [9.17, 15) is 4.39 Å². The number of hydrogen-bond acceptors (Lipinski definition) is 4. The maximum absolute atomic E-state index is 13.6. The molecule has 2 aromatic rings. The van der Waals surface area contributed by atoms with Crippen LogP contribution in [0.3, 0.4) is 0 Å². The SMILES string of the molecule is CCN1CCN(c2noc3cc(Cl)c(F)cc23)CC1. The summed E-state index contributed by atoms with van der Waals surface area (Å²) < 4.78 is 18.8. The molecule has 6 heteroatoms. The maximum Gasteiger partial charge on any atom is 0.180 e. The molecule has 0 atom stereocenters. The number of halogens is 2. The summed E-state index contributed by atoms with van der Waals surface area (Å²) in [5, 5.41) is 4.81. The lowest BCUT2D eigenvalue weighted by Crippen LogP contribution is -2.46. The van der Waals surface area contributed by atoms with Crippen LogP contribution in [0.15, 0.2) is 16.7 Å². The van der Waals surface area contributed by atoms with Crippen molar-refractivity contribution in [2.24, 2.45) is 0 Å². The Balaban J connectivity index is 1.91. The van der Waals surface area contributed by atoms with Gasteiger partial charge in [-0.3, -0.25) is 0 Å². The smallest absolute Gasteiger partial charge is 0.180 e. The number of aromatic nitrogens is 1. The number of fused-ring (bicyclic) bond motifs is 1. The van der Waals surface area contributed by atoms with Gasteiger partial charge in [0, 0.05) is 32.2 Å². The van der Waals surface area contributed by atoms with Gasteiger partial charge in [-0.1, -0.05) is 23.7 Å². The monoisotopic (exact) mass is 283 g/mol. The Labute approximate surface area is 115 Å². The standard InChI is InChI=1S/C13H15ClFN3O/c1-2-17-3-5-18(6-4-17)13-9-7-11(15)10(14)8-12(9)19-16-13/h7-8H,2-6H2,1H3. The highest BCUT2D eigenvalue weighted by Gasteiger charge is 2.21. The summed E-state index contributed by atoms with van der Waals surface area (Å²) in [6, 6.07) is 2.88. The van der Waals surface area contributed by atoms with Crippen LogP contribution in [0.25, 0.3) is 11.0 Å². The van der Waals surface area contributed by atoms with Crippen molar-refractivity contribution in [1.82, 2.24) is 10.1 Å². The van der Waals surface area contributed by atoms with Crippen LogP contribution in [0, 0.1) is 5.82 Å². The molecule has 1 aromatic heterocycles. The first-order valence-corrected chi connectivity index (χ1v) is 6.78. The van der Waals surface area contributed by atoms with Crippen molar-refractivity contribution in [2.75, 3.05) is 37.6 Å². The van der Waals surface area contributed by atoms with Gasteiger partial charge in [0.15, 0.2) is 11.4 Å². The lowest BCUT2D eigenvalue weighted by atomic mass is 10.2. The van der Waals surface area contributed by atoms with Gasteiger partial charge < -0.3 is 14.3 Å². The summed E-state index contributed by atoms with van der Waals surface area (Å²) in [5.74, 6) is 0.270. The molecule has 0 unspecified atom stereocenters. The minimum Gasteiger partial charge on any atom is -0.354 e. The fourth-order valence-electron chi connectivity index (χ4n) is 2.42. The van der Waals surface area contributed by atoms with Crippen LogP contribution in [-0.4, -0.2) is 42.8 Å². The number of anilines is 1. The van der Waals surface area contributed by atoms with Gasteiger partial charge in [-0.05, 0) is 12.6 Å². The van der Waals surface area contributed by atoms with Gasteiger partial charge in [-0.15, -0.1) is 0 Å². The lowest BCUT2D eigenvalue weighted by Gasteiger charge is -2.33. The van der Waals surface area contributed by atoms with Crippen LogP contribution < -0.4 is 4.90 Å². The fourth-order valence-corrected chi connectivity index (χ4v) is 2.58. The highest BCUT2D eigenvalue weighted by Crippen LogP contribution is 2.30. The fraction of sp³-hybridized carbons (Fsp3) is 0.462. The van der Waals surface area contributed by atoms with Crippen LogP contribution in [0.4, 0.5) is 10.2 Å². The Kier molecular flexibility index (Phi) is 3.33. The number of rotatable bonds is 2. The van der Waals surface area contributed by atoms with Gasteiger partial charge in [0.2, 0.25) is 0 Å². The van der Waals surface area contributed by atoms with E-state index in [1.807, 2.05) is 0 Å². The van der Waals surface area contributed by atoms with E-state index in [4.69, 9.17) is 16.1 Å². The van der Waals surface area contributed by atoms with Gasteiger partial charge in [0.05, 0.1) is 10.4 Å². The van der Waals surface area contributed by atoms with Crippen LogP contribution >= 0.6 is 11.6 Å². The van der Waals surface area contributed by atoms with Crippen molar-refractivity contribution in [2.45, 2.75) is 6.92 Å². The van der Waals surface area contributed by atoms with E-state index in [1.54, 1.807) is 0 Å². The molecule has 0 radical (unpaired) electrons. The number of nitrogens with zero attached hydrogens (tertiary/aromatic N) is 3. The van der Waals surface area contributed by atoms with Crippen LogP contribution in [-0.2, 0) is 0 Å². The molecule has 0 N–H and O–H groups in total. The number of benzene rings is 1. The molecule has 1 aliphatic heterocycles. The van der Waals surface area contributed by atoms with E-state index in [2.05, 4.69) is 21.9 Å². The number of piperazine rings is 1. The highest BCUT2D eigenvalue weighted by molar-refractivity contribution is 6.31. The second-order valence-electron chi connectivity index (χ2n) is 4.69. The molecule has 0 saturated carbocycles. The largest absolute Gasteiger partial charge is 0.354 e. The van der Waals surface area contributed by atoms with Gasteiger partial charge in [-0.25, -0.2) is 4.39 Å². The number of hydrogen-bond donors (Lipinski definition) is 0. The average Bonchev–Trinajstić information content (AvgIpc) is 2.82. The van der Waals surface area contributed by atoms with Crippen molar-refractivity contribution in [3.05, 3.63) is 23.0 Å². The summed E-state index contributed by atoms with van der Waals surface area (Å²) in [7, 11) is 0. The topological polar surface area (TPSA) is 32.5 Å². The zero-order valence-corrected chi connectivity index (χ0v) is 11.5. The first kappa shape index (κ1) is 12.7. The van der Waals surface area contributed by atoms with Gasteiger partial charge in [-0.2, -0.15) is 0 Å². The van der Waals surface area contributed by atoms with E-state index in [0.29, 0.717) is 16.8 Å². The minimum absolute atomic E-state index is 0.0611. The Morgan fingerprint density at radius 3 is 2.74 bits per heavy atom. The molecule has 3 rings (SSSR count). The van der Waals surface area contributed by atoms with Crippen molar-refractivity contribution in [3.8, 4) is 0 Å². The zero-order valence-electron chi connectivity index (χ0n) is 10.7. The van der Waals surface area contributed by atoms with Crippen LogP contribution in [0.2, 0.25) is 5.02 Å². The predicted molar refractivity (Wildman–Crippen MR) is 73.3 cm³/mol. The van der Waals surface area contributed by atoms with Crippen LogP contribution in [0.5, 0.6) is 0 Å². The maximum atomic E-state index is 13.6. The molecule has 0 spiro atoms. The first-order valence-electron chi connectivity index (χ1n) is 6.40. The van der Waals surface area contributed by atoms with Gasteiger partial charge >= 0.3 is 0 Å². The van der Waals surface area contributed by atoms with E-state index < -0.39 is 5.82 Å². The molecular weight excluding hydrogens is 269 g/mol. The molecule has 4 nitrogen and oxygen atoms in total. The Hall–Kier alpha value is -1.33. The second-order valence-corrected chi connectivity index (χ2v) is 5.10.